The van der Waals surface area contributed by atoms with E-state index in [1.807, 2.05) is 0 Å². The number of rotatable bonds is 2. The summed E-state index contributed by atoms with van der Waals surface area (Å²) >= 11 is -1.38. The van der Waals surface area contributed by atoms with Crippen LogP contribution in [0.1, 0.15) is 26.5 Å². The highest BCUT2D eigenvalue weighted by Gasteiger charge is 2.25. The van der Waals surface area contributed by atoms with Crippen molar-refractivity contribution in [1.82, 2.24) is 4.98 Å². The van der Waals surface area contributed by atoms with Crippen LogP contribution in [0.25, 0.3) is 0 Å². The Balaban J connectivity index is 2.79. The fourth-order valence-electron chi connectivity index (χ4n) is 0.749. The number of halogens is 1. The highest BCUT2D eigenvalue weighted by molar-refractivity contribution is 7.91. The topological polar surface area (TPSA) is 48.3 Å². The molecule has 1 rings (SSSR count). The van der Waals surface area contributed by atoms with Gasteiger partial charge >= 0.3 is 0 Å². The average molecular weight is 228 g/mol. The number of aromatic nitrogens is 1. The van der Waals surface area contributed by atoms with E-state index in [1.54, 1.807) is 20.8 Å². The molecule has 0 saturated heterocycles. The quantitative estimate of drug-likeness (QED) is 0.575. The van der Waals surface area contributed by atoms with E-state index >= 15 is 0 Å². The molecule has 0 aromatic carbocycles. The van der Waals surface area contributed by atoms with E-state index in [9.17, 15) is 8.94 Å². The van der Waals surface area contributed by atoms with Crippen molar-refractivity contribution in [3.8, 4) is 0 Å². The molecule has 1 heterocycles. The molecule has 0 radical (unpaired) electrons. The summed E-state index contributed by atoms with van der Waals surface area (Å²) in [5.74, 6) is -0.466. The van der Waals surface area contributed by atoms with E-state index < -0.39 is 21.9 Å². The van der Waals surface area contributed by atoms with E-state index in [4.69, 9.17) is 0 Å². The van der Waals surface area contributed by atoms with Crippen LogP contribution >= 0.6 is 0 Å². The van der Waals surface area contributed by atoms with E-state index in [1.165, 1.54) is 24.5 Å². The molecular formula is C10H13FN2OS. The van der Waals surface area contributed by atoms with Gasteiger partial charge in [0.05, 0.1) is 0 Å². The van der Waals surface area contributed by atoms with Crippen molar-refractivity contribution < 1.29 is 8.94 Å². The van der Waals surface area contributed by atoms with Crippen molar-refractivity contribution in [2.45, 2.75) is 25.5 Å². The third-order valence-electron chi connectivity index (χ3n) is 1.58. The third kappa shape index (κ3) is 3.60. The molecule has 0 N–H and O–H groups in total. The van der Waals surface area contributed by atoms with Gasteiger partial charge < -0.3 is 4.55 Å². The SMILES string of the molecule is CC(C)(C)[S@+]([O-])/N=C/c1ncccc1F. The normalized spacial score (nSPS) is 14.5. The maximum Gasteiger partial charge on any atom is 0.150 e. The van der Waals surface area contributed by atoms with Crippen molar-refractivity contribution in [1.29, 1.82) is 0 Å². The fraction of sp³-hybridized carbons (Fsp3) is 0.400. The molecule has 0 spiro atoms. The maximum absolute atomic E-state index is 13.1. The average Bonchev–Trinajstić information content (AvgIpc) is 2.14. The second kappa shape index (κ2) is 4.72. The molecule has 0 aliphatic carbocycles. The van der Waals surface area contributed by atoms with Crippen LogP contribution in [0.4, 0.5) is 4.39 Å². The van der Waals surface area contributed by atoms with Crippen molar-refractivity contribution >= 4 is 17.6 Å². The summed E-state index contributed by atoms with van der Waals surface area (Å²) in [7, 11) is 0. The molecule has 5 heteroatoms. The van der Waals surface area contributed by atoms with Crippen LogP contribution < -0.4 is 0 Å². The number of pyridine rings is 1. The van der Waals surface area contributed by atoms with Gasteiger partial charge in [0.1, 0.15) is 28.0 Å². The highest BCUT2D eigenvalue weighted by atomic mass is 32.2. The van der Waals surface area contributed by atoms with Crippen molar-refractivity contribution in [3.63, 3.8) is 0 Å². The fourth-order valence-corrected chi connectivity index (χ4v) is 1.26. The lowest BCUT2D eigenvalue weighted by Crippen LogP contribution is -2.25. The zero-order chi connectivity index (χ0) is 11.5. The predicted octanol–water partition coefficient (Wildman–Crippen LogP) is 2.10. The van der Waals surface area contributed by atoms with Gasteiger partial charge in [-0.2, -0.15) is 0 Å². The first-order valence-electron chi connectivity index (χ1n) is 4.48. The van der Waals surface area contributed by atoms with Gasteiger partial charge in [0.2, 0.25) is 0 Å². The molecule has 3 nitrogen and oxygen atoms in total. The Kier molecular flexibility index (Phi) is 3.82. The summed E-state index contributed by atoms with van der Waals surface area (Å²) in [6.45, 7) is 5.40. The first-order valence-corrected chi connectivity index (χ1v) is 5.58. The standard InChI is InChI=1S/C10H13FN2OS/c1-10(2,3)15(14)13-7-9-8(11)5-4-6-12-9/h4-7H,1-3H3/b13-7+/t15-/m0/s1. The van der Waals surface area contributed by atoms with Crippen LogP contribution in [0.15, 0.2) is 22.7 Å². The lowest BCUT2D eigenvalue weighted by Gasteiger charge is -2.17. The lowest BCUT2D eigenvalue weighted by molar-refractivity contribution is 0.561. The van der Waals surface area contributed by atoms with Crippen LogP contribution in [0, 0.1) is 5.82 Å². The highest BCUT2D eigenvalue weighted by Crippen LogP contribution is 2.16. The van der Waals surface area contributed by atoms with Gasteiger partial charge in [0.15, 0.2) is 5.82 Å². The van der Waals surface area contributed by atoms with E-state index in [0.29, 0.717) is 0 Å². The first kappa shape index (κ1) is 12.1. The Morgan fingerprint density at radius 3 is 2.73 bits per heavy atom. The molecule has 0 amide bonds. The van der Waals surface area contributed by atoms with Crippen molar-refractivity contribution in [2.24, 2.45) is 4.40 Å². The summed E-state index contributed by atoms with van der Waals surface area (Å²) in [5, 5.41) is 0. The van der Waals surface area contributed by atoms with Gasteiger partial charge in [0.25, 0.3) is 0 Å². The zero-order valence-corrected chi connectivity index (χ0v) is 9.71. The summed E-state index contributed by atoms with van der Waals surface area (Å²) in [5.41, 5.74) is 0.107. The van der Waals surface area contributed by atoms with Gasteiger partial charge in [-0.15, -0.1) is 0 Å². The number of nitrogens with zero attached hydrogens (tertiary/aromatic N) is 2. The maximum atomic E-state index is 13.1. The zero-order valence-electron chi connectivity index (χ0n) is 8.90. The molecule has 15 heavy (non-hydrogen) atoms. The van der Waals surface area contributed by atoms with Crippen molar-refractivity contribution in [2.75, 3.05) is 0 Å². The van der Waals surface area contributed by atoms with Gasteiger partial charge in [0, 0.05) is 6.20 Å². The molecule has 1 atom stereocenters. The molecule has 0 saturated carbocycles. The molecular weight excluding hydrogens is 215 g/mol. The number of hydrogen-bond acceptors (Lipinski definition) is 3. The minimum Gasteiger partial charge on any atom is -0.591 e. The Morgan fingerprint density at radius 1 is 1.53 bits per heavy atom. The van der Waals surface area contributed by atoms with Gasteiger partial charge in [-0.05, 0) is 32.9 Å². The van der Waals surface area contributed by atoms with Gasteiger partial charge in [-0.1, -0.05) is 4.40 Å². The third-order valence-corrected chi connectivity index (χ3v) is 2.93. The molecule has 1 aromatic rings. The van der Waals surface area contributed by atoms with Crippen LogP contribution in [-0.2, 0) is 11.4 Å². The smallest absolute Gasteiger partial charge is 0.150 e. The van der Waals surface area contributed by atoms with Crippen LogP contribution in [-0.4, -0.2) is 20.5 Å². The van der Waals surface area contributed by atoms with Crippen LogP contribution in [0.2, 0.25) is 0 Å². The molecule has 82 valence electrons. The Bertz CT molecular complexity index is 363. The van der Waals surface area contributed by atoms with Gasteiger partial charge in [-0.25, -0.2) is 4.39 Å². The minimum absolute atomic E-state index is 0.107. The predicted molar refractivity (Wildman–Crippen MR) is 59.7 cm³/mol. The molecule has 0 unspecified atom stereocenters. The summed E-state index contributed by atoms with van der Waals surface area (Å²) in [6, 6.07) is 2.78. The molecule has 0 aliphatic rings. The second-order valence-electron chi connectivity index (χ2n) is 3.97. The van der Waals surface area contributed by atoms with E-state index in [0.717, 1.165) is 0 Å². The van der Waals surface area contributed by atoms with E-state index in [2.05, 4.69) is 9.38 Å². The first-order chi connectivity index (χ1) is 6.91. The van der Waals surface area contributed by atoms with Crippen LogP contribution in [0.5, 0.6) is 0 Å². The van der Waals surface area contributed by atoms with Gasteiger partial charge in [-0.3, -0.25) is 4.98 Å². The monoisotopic (exact) mass is 228 g/mol. The Morgan fingerprint density at radius 2 is 2.20 bits per heavy atom. The minimum atomic E-state index is -1.38. The molecule has 0 bridgehead atoms. The van der Waals surface area contributed by atoms with E-state index in [-0.39, 0.29) is 5.69 Å². The lowest BCUT2D eigenvalue weighted by atomic mass is 10.3. The Labute approximate surface area is 91.8 Å². The largest absolute Gasteiger partial charge is 0.591 e. The Hall–Kier alpha value is -0.940. The van der Waals surface area contributed by atoms with Crippen molar-refractivity contribution in [3.05, 3.63) is 29.8 Å². The second-order valence-corrected chi connectivity index (χ2v) is 5.90. The summed E-state index contributed by atoms with van der Waals surface area (Å²) in [4.78, 5) is 3.77. The molecule has 0 aliphatic heterocycles. The number of hydrogen-bond donors (Lipinski definition) is 0. The summed E-state index contributed by atoms with van der Waals surface area (Å²) < 4.78 is 27.9. The van der Waals surface area contributed by atoms with Crippen LogP contribution in [0.3, 0.4) is 0 Å². The molecule has 1 aromatic heterocycles. The summed E-state index contributed by atoms with van der Waals surface area (Å²) in [6.07, 6.45) is 2.67. The molecule has 0 fully saturated rings.